The van der Waals surface area contributed by atoms with Crippen LogP contribution >= 0.6 is 0 Å². The highest BCUT2D eigenvalue weighted by atomic mass is 16.5. The van der Waals surface area contributed by atoms with Gasteiger partial charge in [0.05, 0.1) is 12.1 Å². The van der Waals surface area contributed by atoms with E-state index >= 15 is 0 Å². The van der Waals surface area contributed by atoms with Gasteiger partial charge in [0.15, 0.2) is 0 Å². The van der Waals surface area contributed by atoms with Crippen molar-refractivity contribution in [3.63, 3.8) is 0 Å². The van der Waals surface area contributed by atoms with Crippen LogP contribution < -0.4 is 15.8 Å². The number of likely N-dealkylation sites (N-methyl/N-ethyl adjacent to an activating group) is 1. The number of amides is 1. The van der Waals surface area contributed by atoms with Crippen molar-refractivity contribution < 1.29 is 9.53 Å². The number of carbonyl (C=O) groups excluding carboxylic acids is 1. The average molecular weight is 278 g/mol. The summed E-state index contributed by atoms with van der Waals surface area (Å²) in [6.45, 7) is 9.21. The minimum absolute atomic E-state index is 0.314. The molecule has 112 valence electrons. The minimum Gasteiger partial charge on any atom is -0.493 e. The summed E-state index contributed by atoms with van der Waals surface area (Å²) in [6.07, 6.45) is 1.45. The van der Waals surface area contributed by atoms with E-state index in [1.54, 1.807) is 0 Å². The van der Waals surface area contributed by atoms with Gasteiger partial charge in [-0.25, -0.2) is 0 Å². The average Bonchev–Trinajstić information content (AvgIpc) is 2.37. The molecule has 0 heterocycles. The quantitative estimate of drug-likeness (QED) is 0.717. The van der Waals surface area contributed by atoms with Gasteiger partial charge in [0.1, 0.15) is 5.75 Å². The first kappa shape index (κ1) is 16.5. The zero-order valence-corrected chi connectivity index (χ0v) is 13.0. The lowest BCUT2D eigenvalue weighted by Gasteiger charge is -2.26. The van der Waals surface area contributed by atoms with Crippen molar-refractivity contribution in [2.75, 3.05) is 13.2 Å². The minimum atomic E-state index is -0.652. The summed E-state index contributed by atoms with van der Waals surface area (Å²) in [5, 5.41) is 3.15. The van der Waals surface area contributed by atoms with E-state index in [0.29, 0.717) is 13.0 Å². The maximum absolute atomic E-state index is 11.5. The molecule has 0 aliphatic heterocycles. The molecule has 0 saturated heterocycles. The van der Waals surface area contributed by atoms with Gasteiger partial charge >= 0.3 is 0 Å². The number of nitrogens with one attached hydrogen (secondary N) is 1. The van der Waals surface area contributed by atoms with Gasteiger partial charge in [-0.2, -0.15) is 0 Å². The Hall–Kier alpha value is -1.55. The molecule has 1 aromatic carbocycles. The summed E-state index contributed by atoms with van der Waals surface area (Å²) in [5.74, 6) is 0.589. The van der Waals surface area contributed by atoms with Crippen LogP contribution in [0.1, 0.15) is 37.8 Å². The largest absolute Gasteiger partial charge is 0.493 e. The van der Waals surface area contributed by atoms with Gasteiger partial charge in [-0.05, 0) is 51.8 Å². The molecule has 0 aromatic heterocycles. The summed E-state index contributed by atoms with van der Waals surface area (Å²) in [7, 11) is 0. The Labute approximate surface area is 121 Å². The summed E-state index contributed by atoms with van der Waals surface area (Å²) < 4.78 is 5.77. The summed E-state index contributed by atoms with van der Waals surface area (Å²) in [4.78, 5) is 11.5. The second-order valence-corrected chi connectivity index (χ2v) is 5.45. The van der Waals surface area contributed by atoms with Crippen LogP contribution in [0.2, 0.25) is 0 Å². The predicted octanol–water partition coefficient (Wildman–Crippen LogP) is 2.32. The molecular formula is C16H26N2O2. The zero-order valence-electron chi connectivity index (χ0n) is 13.0. The Morgan fingerprint density at radius 1 is 1.40 bits per heavy atom. The zero-order chi connectivity index (χ0) is 15.2. The number of ether oxygens (including phenoxy) is 1. The molecule has 0 radical (unpaired) electrons. The van der Waals surface area contributed by atoms with Crippen LogP contribution in [0.3, 0.4) is 0 Å². The maximum Gasteiger partial charge on any atom is 0.237 e. The van der Waals surface area contributed by atoms with Crippen LogP contribution in [0.15, 0.2) is 18.2 Å². The number of hydrogen-bond acceptors (Lipinski definition) is 3. The normalized spacial score (nSPS) is 13.8. The van der Waals surface area contributed by atoms with E-state index in [4.69, 9.17) is 10.5 Å². The summed E-state index contributed by atoms with van der Waals surface area (Å²) in [5.41, 5.74) is 7.16. The van der Waals surface area contributed by atoms with E-state index in [2.05, 4.69) is 18.3 Å². The fourth-order valence-corrected chi connectivity index (χ4v) is 2.26. The van der Waals surface area contributed by atoms with Crippen molar-refractivity contribution in [1.29, 1.82) is 0 Å². The number of nitrogens with two attached hydrogens (primary N) is 1. The van der Waals surface area contributed by atoms with Crippen LogP contribution in [0.25, 0.3) is 0 Å². The molecule has 4 nitrogen and oxygen atoms in total. The SMILES string of the molecule is CCNC(C)(CCCOc1ccc(C)cc1C)C(N)=O. The maximum atomic E-state index is 11.5. The number of carbonyl (C=O) groups is 1. The van der Waals surface area contributed by atoms with E-state index in [9.17, 15) is 4.79 Å². The highest BCUT2D eigenvalue weighted by Crippen LogP contribution is 2.19. The van der Waals surface area contributed by atoms with E-state index in [1.165, 1.54) is 5.56 Å². The second kappa shape index (κ2) is 7.29. The molecule has 0 fully saturated rings. The molecule has 0 bridgehead atoms. The van der Waals surface area contributed by atoms with Crippen LogP contribution in [0.5, 0.6) is 5.75 Å². The molecule has 1 aromatic rings. The number of aryl methyl sites for hydroxylation is 2. The first-order chi connectivity index (χ1) is 9.39. The number of rotatable bonds is 8. The Kier molecular flexibility index (Phi) is 6.02. The van der Waals surface area contributed by atoms with Gasteiger partial charge in [0, 0.05) is 0 Å². The van der Waals surface area contributed by atoms with Crippen LogP contribution in [0.4, 0.5) is 0 Å². The van der Waals surface area contributed by atoms with E-state index in [1.807, 2.05) is 32.9 Å². The third kappa shape index (κ3) is 4.53. The third-order valence-electron chi connectivity index (χ3n) is 3.52. The van der Waals surface area contributed by atoms with Gasteiger partial charge in [0.25, 0.3) is 0 Å². The van der Waals surface area contributed by atoms with Gasteiger partial charge < -0.3 is 15.8 Å². The Balaban J connectivity index is 2.46. The molecule has 4 heteroatoms. The lowest BCUT2D eigenvalue weighted by atomic mass is 9.95. The smallest absolute Gasteiger partial charge is 0.237 e. The van der Waals surface area contributed by atoms with Crippen LogP contribution in [-0.2, 0) is 4.79 Å². The summed E-state index contributed by atoms with van der Waals surface area (Å²) in [6, 6.07) is 6.12. The number of hydrogen-bond donors (Lipinski definition) is 2. The molecule has 0 aliphatic rings. The second-order valence-electron chi connectivity index (χ2n) is 5.45. The van der Waals surface area contributed by atoms with Crippen molar-refractivity contribution in [1.82, 2.24) is 5.32 Å². The number of primary amides is 1. The van der Waals surface area contributed by atoms with Gasteiger partial charge in [0.2, 0.25) is 5.91 Å². The fourth-order valence-electron chi connectivity index (χ4n) is 2.26. The molecule has 0 saturated carbocycles. The molecule has 1 rings (SSSR count). The summed E-state index contributed by atoms with van der Waals surface area (Å²) >= 11 is 0. The fraction of sp³-hybridized carbons (Fsp3) is 0.562. The molecule has 1 unspecified atom stereocenters. The highest BCUT2D eigenvalue weighted by Gasteiger charge is 2.29. The Bertz CT molecular complexity index is 460. The molecule has 1 atom stereocenters. The van der Waals surface area contributed by atoms with Crippen molar-refractivity contribution in [2.24, 2.45) is 5.73 Å². The van der Waals surface area contributed by atoms with Crippen molar-refractivity contribution in [2.45, 2.75) is 46.1 Å². The molecule has 1 amide bonds. The first-order valence-corrected chi connectivity index (χ1v) is 7.14. The lowest BCUT2D eigenvalue weighted by Crippen LogP contribution is -2.53. The Morgan fingerprint density at radius 2 is 2.10 bits per heavy atom. The van der Waals surface area contributed by atoms with Crippen LogP contribution in [-0.4, -0.2) is 24.6 Å². The van der Waals surface area contributed by atoms with Crippen molar-refractivity contribution in [3.05, 3.63) is 29.3 Å². The van der Waals surface area contributed by atoms with Crippen molar-refractivity contribution >= 4 is 5.91 Å². The standard InChI is InChI=1S/C16H26N2O2/c1-5-18-16(4,15(17)19)9-6-10-20-14-8-7-12(2)11-13(14)3/h7-8,11,18H,5-6,9-10H2,1-4H3,(H2,17,19). The van der Waals surface area contributed by atoms with E-state index < -0.39 is 5.54 Å². The van der Waals surface area contributed by atoms with Crippen molar-refractivity contribution in [3.8, 4) is 5.75 Å². The number of benzene rings is 1. The molecular weight excluding hydrogens is 252 g/mol. The van der Waals surface area contributed by atoms with Gasteiger partial charge in [-0.3, -0.25) is 4.79 Å². The van der Waals surface area contributed by atoms with Gasteiger partial charge in [-0.1, -0.05) is 24.6 Å². The van der Waals surface area contributed by atoms with E-state index in [0.717, 1.165) is 24.3 Å². The molecule has 20 heavy (non-hydrogen) atoms. The first-order valence-electron chi connectivity index (χ1n) is 7.14. The third-order valence-corrected chi connectivity index (χ3v) is 3.52. The Morgan fingerprint density at radius 3 is 2.65 bits per heavy atom. The lowest BCUT2D eigenvalue weighted by molar-refractivity contribution is -0.124. The topological polar surface area (TPSA) is 64.3 Å². The van der Waals surface area contributed by atoms with Crippen LogP contribution in [0, 0.1) is 13.8 Å². The molecule has 3 N–H and O–H groups in total. The molecule has 0 aliphatic carbocycles. The highest BCUT2D eigenvalue weighted by molar-refractivity contribution is 5.84. The van der Waals surface area contributed by atoms with Gasteiger partial charge in [-0.15, -0.1) is 0 Å². The predicted molar refractivity (Wildman–Crippen MR) is 81.9 cm³/mol. The monoisotopic (exact) mass is 278 g/mol. The van der Waals surface area contributed by atoms with E-state index in [-0.39, 0.29) is 5.91 Å². The molecule has 0 spiro atoms.